The molecule has 5 nitrogen and oxygen atoms in total. The highest BCUT2D eigenvalue weighted by Crippen LogP contribution is 2.10. The summed E-state index contributed by atoms with van der Waals surface area (Å²) in [5.41, 5.74) is -0.182. The molecule has 0 aliphatic heterocycles. The largest absolute Gasteiger partial charge is 0.487 e. The van der Waals surface area contributed by atoms with Crippen LogP contribution in [0.4, 0.5) is 0 Å². The van der Waals surface area contributed by atoms with Crippen LogP contribution in [0.1, 0.15) is 18.6 Å². The highest BCUT2D eigenvalue weighted by Gasteiger charge is 2.05. The van der Waals surface area contributed by atoms with E-state index in [1.54, 1.807) is 6.92 Å². The van der Waals surface area contributed by atoms with Gasteiger partial charge in [0.1, 0.15) is 5.76 Å². The van der Waals surface area contributed by atoms with E-state index in [1.165, 1.54) is 18.4 Å². The predicted octanol–water partition coefficient (Wildman–Crippen LogP) is 1.41. The van der Waals surface area contributed by atoms with Gasteiger partial charge in [0.05, 0.1) is 12.9 Å². The molecular weight excluding hydrogens is 234 g/mol. The molecule has 1 aromatic heterocycles. The van der Waals surface area contributed by atoms with Crippen molar-refractivity contribution in [1.29, 1.82) is 0 Å². The van der Waals surface area contributed by atoms with Crippen LogP contribution in [0, 0.1) is 6.92 Å². The fourth-order valence-corrected chi connectivity index (χ4v) is 1.36. The third-order valence-electron chi connectivity index (χ3n) is 2.31. The fraction of sp³-hybridized carbons (Fsp3) is 0.385. The molecule has 0 unspecified atom stereocenters. The molecule has 0 bridgehead atoms. The van der Waals surface area contributed by atoms with E-state index < -0.39 is 0 Å². The summed E-state index contributed by atoms with van der Waals surface area (Å²) in [5.74, 6) is 0.547. The number of unbranched alkanes of at least 4 members (excludes halogenated alkanes) is 1. The van der Waals surface area contributed by atoms with Gasteiger partial charge in [-0.2, -0.15) is 0 Å². The van der Waals surface area contributed by atoms with Crippen molar-refractivity contribution in [3.63, 3.8) is 0 Å². The summed E-state index contributed by atoms with van der Waals surface area (Å²) < 4.78 is 10.4. The van der Waals surface area contributed by atoms with E-state index >= 15 is 0 Å². The standard InChI is InChI=1S/C13H17NO4/c1-3-12(16)14-7-4-5-8-18-13-10(2)17-9-6-11(13)15/h3,6,9H,1,4-5,7-8H2,2H3,(H,14,16). The van der Waals surface area contributed by atoms with Gasteiger partial charge in [0.2, 0.25) is 17.1 Å². The first kappa shape index (κ1) is 14.0. The Morgan fingerprint density at radius 3 is 3.00 bits per heavy atom. The van der Waals surface area contributed by atoms with E-state index in [2.05, 4.69) is 11.9 Å². The lowest BCUT2D eigenvalue weighted by Gasteiger charge is -2.07. The number of hydrogen-bond donors (Lipinski definition) is 1. The minimum absolute atomic E-state index is 0.182. The molecule has 0 fully saturated rings. The first-order valence-corrected chi connectivity index (χ1v) is 5.76. The molecule has 0 aliphatic rings. The van der Waals surface area contributed by atoms with E-state index in [0.717, 1.165) is 12.8 Å². The molecule has 1 heterocycles. The first-order chi connectivity index (χ1) is 8.65. The van der Waals surface area contributed by atoms with E-state index in [1.807, 2.05) is 0 Å². The average molecular weight is 251 g/mol. The van der Waals surface area contributed by atoms with Crippen molar-refractivity contribution in [3.8, 4) is 5.75 Å². The van der Waals surface area contributed by atoms with Crippen molar-refractivity contribution in [1.82, 2.24) is 5.32 Å². The monoisotopic (exact) mass is 251 g/mol. The number of rotatable bonds is 7. The second-order valence-electron chi connectivity index (χ2n) is 3.72. The SMILES string of the molecule is C=CC(=O)NCCCCOc1c(C)occc1=O. The summed E-state index contributed by atoms with van der Waals surface area (Å²) in [6.07, 6.45) is 4.09. The zero-order valence-corrected chi connectivity index (χ0v) is 10.4. The van der Waals surface area contributed by atoms with E-state index in [0.29, 0.717) is 18.9 Å². The van der Waals surface area contributed by atoms with E-state index in [9.17, 15) is 9.59 Å². The maximum Gasteiger partial charge on any atom is 0.243 e. The Morgan fingerprint density at radius 1 is 1.56 bits per heavy atom. The normalized spacial score (nSPS) is 9.83. The molecule has 0 aliphatic carbocycles. The van der Waals surface area contributed by atoms with E-state index in [4.69, 9.17) is 9.15 Å². The number of ether oxygens (including phenoxy) is 1. The van der Waals surface area contributed by atoms with Gasteiger partial charge in [-0.25, -0.2) is 0 Å². The fourth-order valence-electron chi connectivity index (χ4n) is 1.36. The maximum absolute atomic E-state index is 11.4. The number of carbonyl (C=O) groups is 1. The molecule has 5 heteroatoms. The van der Waals surface area contributed by atoms with Gasteiger partial charge in [0.25, 0.3) is 0 Å². The smallest absolute Gasteiger partial charge is 0.243 e. The number of aryl methyl sites for hydroxylation is 1. The van der Waals surface area contributed by atoms with Gasteiger partial charge in [-0.3, -0.25) is 9.59 Å². The minimum Gasteiger partial charge on any atom is -0.487 e. The lowest BCUT2D eigenvalue weighted by atomic mass is 10.3. The third kappa shape index (κ3) is 4.45. The minimum atomic E-state index is -0.185. The molecule has 0 atom stereocenters. The van der Waals surface area contributed by atoms with Crippen LogP contribution in [-0.4, -0.2) is 19.1 Å². The van der Waals surface area contributed by atoms with Gasteiger partial charge < -0.3 is 14.5 Å². The Morgan fingerprint density at radius 2 is 2.33 bits per heavy atom. The molecule has 0 aromatic carbocycles. The number of amides is 1. The van der Waals surface area contributed by atoms with Crippen molar-refractivity contribution >= 4 is 5.91 Å². The Hall–Kier alpha value is -2.04. The summed E-state index contributed by atoms with van der Waals surface area (Å²) in [4.78, 5) is 22.3. The average Bonchev–Trinajstić information content (AvgIpc) is 2.36. The molecule has 98 valence electrons. The van der Waals surface area contributed by atoms with Crippen LogP contribution in [0.25, 0.3) is 0 Å². The van der Waals surface area contributed by atoms with Crippen LogP contribution in [-0.2, 0) is 4.79 Å². The summed E-state index contributed by atoms with van der Waals surface area (Å²) in [5, 5.41) is 2.66. The Balaban J connectivity index is 2.24. The van der Waals surface area contributed by atoms with Crippen molar-refractivity contribution < 1.29 is 13.9 Å². The Kier molecular flexibility index (Phi) is 5.70. The number of hydrogen-bond acceptors (Lipinski definition) is 4. The second kappa shape index (κ2) is 7.32. The molecule has 0 spiro atoms. The highest BCUT2D eigenvalue weighted by molar-refractivity contribution is 5.86. The maximum atomic E-state index is 11.4. The number of nitrogens with one attached hydrogen (secondary N) is 1. The number of carbonyl (C=O) groups excluding carboxylic acids is 1. The summed E-state index contributed by atoms with van der Waals surface area (Å²) in [7, 11) is 0. The van der Waals surface area contributed by atoms with Crippen molar-refractivity contribution in [2.24, 2.45) is 0 Å². The molecule has 0 saturated heterocycles. The van der Waals surface area contributed by atoms with Crippen LogP contribution in [0.3, 0.4) is 0 Å². The van der Waals surface area contributed by atoms with Crippen LogP contribution >= 0.6 is 0 Å². The molecule has 18 heavy (non-hydrogen) atoms. The molecule has 0 radical (unpaired) electrons. The van der Waals surface area contributed by atoms with Crippen LogP contribution < -0.4 is 15.5 Å². The molecule has 1 N–H and O–H groups in total. The molecule has 0 saturated carbocycles. The van der Waals surface area contributed by atoms with Crippen molar-refractivity contribution in [2.75, 3.05) is 13.2 Å². The van der Waals surface area contributed by atoms with Gasteiger partial charge in [0.15, 0.2) is 0 Å². The molecule has 1 aromatic rings. The quantitative estimate of drug-likeness (QED) is 0.587. The summed E-state index contributed by atoms with van der Waals surface area (Å²) in [6.45, 7) is 6.02. The van der Waals surface area contributed by atoms with Crippen LogP contribution in [0.15, 0.2) is 34.2 Å². The van der Waals surface area contributed by atoms with Crippen LogP contribution in [0.5, 0.6) is 5.75 Å². The predicted molar refractivity (Wildman–Crippen MR) is 67.7 cm³/mol. The second-order valence-corrected chi connectivity index (χ2v) is 3.72. The highest BCUT2D eigenvalue weighted by atomic mass is 16.5. The third-order valence-corrected chi connectivity index (χ3v) is 2.31. The zero-order valence-electron chi connectivity index (χ0n) is 10.4. The Bertz CT molecular complexity index is 464. The molecule has 1 amide bonds. The van der Waals surface area contributed by atoms with E-state index in [-0.39, 0.29) is 17.1 Å². The first-order valence-electron chi connectivity index (χ1n) is 5.76. The van der Waals surface area contributed by atoms with Crippen molar-refractivity contribution in [3.05, 3.63) is 41.0 Å². The van der Waals surface area contributed by atoms with Gasteiger partial charge in [-0.1, -0.05) is 6.58 Å². The van der Waals surface area contributed by atoms with Gasteiger partial charge in [-0.15, -0.1) is 0 Å². The van der Waals surface area contributed by atoms with Crippen molar-refractivity contribution in [2.45, 2.75) is 19.8 Å². The topological polar surface area (TPSA) is 68.5 Å². The molecule has 1 rings (SSSR count). The van der Waals surface area contributed by atoms with Gasteiger partial charge in [-0.05, 0) is 25.8 Å². The lowest BCUT2D eigenvalue weighted by Crippen LogP contribution is -2.22. The Labute approximate surface area is 105 Å². The molecular formula is C13H17NO4. The lowest BCUT2D eigenvalue weighted by molar-refractivity contribution is -0.116. The van der Waals surface area contributed by atoms with Gasteiger partial charge in [0, 0.05) is 12.6 Å². The summed E-state index contributed by atoms with van der Waals surface area (Å²) in [6, 6.07) is 1.33. The van der Waals surface area contributed by atoms with Gasteiger partial charge >= 0.3 is 0 Å². The van der Waals surface area contributed by atoms with Crippen LogP contribution in [0.2, 0.25) is 0 Å². The summed E-state index contributed by atoms with van der Waals surface area (Å²) >= 11 is 0. The zero-order chi connectivity index (χ0) is 13.4.